The molecule has 1 aliphatic rings. The number of carbonyl (C=O) groups is 3. The van der Waals surface area contributed by atoms with Crippen molar-refractivity contribution in [1.29, 1.82) is 0 Å². The second-order valence-electron chi connectivity index (χ2n) is 6.07. The van der Waals surface area contributed by atoms with E-state index in [1.807, 2.05) is 0 Å². The number of hydrogen-bond acceptors (Lipinski definition) is 6. The number of aliphatic hydroxyl groups is 1. The zero-order valence-corrected chi connectivity index (χ0v) is 15.2. The molecule has 25 heavy (non-hydrogen) atoms. The Hall–Kier alpha value is -1.71. The van der Waals surface area contributed by atoms with Crippen LogP contribution < -0.4 is 10.6 Å². The van der Waals surface area contributed by atoms with E-state index in [-0.39, 0.29) is 69.6 Å². The van der Waals surface area contributed by atoms with Gasteiger partial charge in [0.2, 0.25) is 17.7 Å². The van der Waals surface area contributed by atoms with Crippen LogP contribution in [0.1, 0.15) is 26.2 Å². The van der Waals surface area contributed by atoms with Gasteiger partial charge in [0.1, 0.15) is 5.54 Å². The van der Waals surface area contributed by atoms with Gasteiger partial charge >= 0.3 is 0 Å². The van der Waals surface area contributed by atoms with Crippen LogP contribution in [-0.2, 0) is 23.9 Å². The third kappa shape index (κ3) is 6.26. The molecular weight excluding hydrogens is 330 g/mol. The summed E-state index contributed by atoms with van der Waals surface area (Å²) >= 11 is 0. The van der Waals surface area contributed by atoms with Gasteiger partial charge in [0.05, 0.1) is 32.5 Å². The Bertz CT molecular complexity index is 449. The van der Waals surface area contributed by atoms with Crippen LogP contribution in [0.25, 0.3) is 0 Å². The van der Waals surface area contributed by atoms with Crippen LogP contribution >= 0.6 is 0 Å². The van der Waals surface area contributed by atoms with Gasteiger partial charge in [0.25, 0.3) is 0 Å². The monoisotopic (exact) mass is 359 g/mol. The molecule has 1 saturated heterocycles. The van der Waals surface area contributed by atoms with Gasteiger partial charge in [0, 0.05) is 40.0 Å². The molecule has 0 aromatic rings. The first-order chi connectivity index (χ1) is 11.9. The maximum absolute atomic E-state index is 12.1. The first kappa shape index (κ1) is 21.3. The highest BCUT2D eigenvalue weighted by Gasteiger charge is 2.60. The van der Waals surface area contributed by atoms with Crippen LogP contribution in [0.15, 0.2) is 0 Å². The highest BCUT2D eigenvalue weighted by molar-refractivity contribution is 6.02. The van der Waals surface area contributed by atoms with E-state index in [4.69, 9.17) is 14.6 Å². The highest BCUT2D eigenvalue weighted by atomic mass is 16.5. The van der Waals surface area contributed by atoms with Crippen molar-refractivity contribution >= 4 is 17.7 Å². The molecule has 9 nitrogen and oxygen atoms in total. The molecule has 1 rings (SSSR count). The van der Waals surface area contributed by atoms with E-state index in [1.54, 1.807) is 25.9 Å². The summed E-state index contributed by atoms with van der Waals surface area (Å²) in [6.07, 6.45) is 0.823. The summed E-state index contributed by atoms with van der Waals surface area (Å²) in [6.45, 7) is 2.63. The Kier molecular flexibility index (Phi) is 8.81. The Balaban J connectivity index is 2.49. The molecule has 0 radical (unpaired) electrons. The topological polar surface area (TPSA) is 117 Å². The number of hydrogen-bond donors (Lipinski definition) is 3. The van der Waals surface area contributed by atoms with E-state index >= 15 is 0 Å². The summed E-state index contributed by atoms with van der Waals surface area (Å²) < 4.78 is 11.0. The fourth-order valence-corrected chi connectivity index (χ4v) is 2.59. The van der Waals surface area contributed by atoms with Gasteiger partial charge in [0.15, 0.2) is 0 Å². The Morgan fingerprint density at radius 1 is 1.12 bits per heavy atom. The van der Waals surface area contributed by atoms with Gasteiger partial charge in [-0.2, -0.15) is 0 Å². The van der Waals surface area contributed by atoms with Crippen molar-refractivity contribution in [3.8, 4) is 0 Å². The number of carbonyl (C=O) groups excluding carboxylic acids is 3. The number of rotatable bonds is 13. The lowest BCUT2D eigenvalue weighted by Crippen LogP contribution is -2.35. The first-order valence-electron chi connectivity index (χ1n) is 8.42. The molecule has 0 saturated carbocycles. The molecule has 0 aliphatic carbocycles. The Morgan fingerprint density at radius 3 is 2.00 bits per heavy atom. The maximum Gasteiger partial charge on any atom is 0.249 e. The minimum absolute atomic E-state index is 0.0589. The van der Waals surface area contributed by atoms with Gasteiger partial charge in [-0.1, -0.05) is 0 Å². The van der Waals surface area contributed by atoms with Gasteiger partial charge < -0.3 is 30.1 Å². The summed E-state index contributed by atoms with van der Waals surface area (Å²) in [5, 5.41) is 14.2. The molecule has 1 aliphatic heterocycles. The minimum atomic E-state index is -0.701. The lowest BCUT2D eigenvalue weighted by Gasteiger charge is -2.21. The third-order valence-electron chi connectivity index (χ3n) is 4.25. The predicted octanol–water partition coefficient (Wildman–Crippen LogP) is -1.36. The molecule has 1 atom stereocenters. The largest absolute Gasteiger partial charge is 0.396 e. The number of ether oxygens (including phenoxy) is 2. The molecule has 1 fully saturated rings. The molecule has 3 amide bonds. The van der Waals surface area contributed by atoms with E-state index < -0.39 is 5.54 Å². The minimum Gasteiger partial charge on any atom is -0.396 e. The zero-order valence-electron chi connectivity index (χ0n) is 15.2. The van der Waals surface area contributed by atoms with Crippen molar-refractivity contribution < 1.29 is 29.0 Å². The first-order valence-corrected chi connectivity index (χ1v) is 8.42. The molecular formula is C16H29N3O6. The summed E-state index contributed by atoms with van der Waals surface area (Å²) in [7, 11) is 3.11. The molecule has 0 bridgehead atoms. The van der Waals surface area contributed by atoms with E-state index in [0.717, 1.165) is 0 Å². The Labute approximate surface area is 148 Å². The standard InChI is InChI=1S/C16H29N3O6/c1-16(6-7-20)15(23)19(16)12(10-24-8-4-13(21)17-2)11-25-9-5-14(22)18-3/h12,20H,4-11H2,1-3H3,(H,17,21)(H,18,22)/t16-,19?/m0/s1. The van der Waals surface area contributed by atoms with Crippen LogP contribution in [0, 0.1) is 0 Å². The molecule has 144 valence electrons. The fourth-order valence-electron chi connectivity index (χ4n) is 2.59. The summed E-state index contributed by atoms with van der Waals surface area (Å²) in [4.78, 5) is 36.2. The molecule has 3 N–H and O–H groups in total. The lowest BCUT2D eigenvalue weighted by atomic mass is 10.1. The second kappa shape index (κ2) is 10.3. The van der Waals surface area contributed by atoms with E-state index in [9.17, 15) is 14.4 Å². The predicted molar refractivity (Wildman–Crippen MR) is 89.7 cm³/mol. The molecule has 0 spiro atoms. The van der Waals surface area contributed by atoms with Crippen LogP contribution in [0.4, 0.5) is 0 Å². The van der Waals surface area contributed by atoms with Crippen LogP contribution in [0.3, 0.4) is 0 Å². The SMILES string of the molecule is CNC(=O)CCOCC(COCCC(=O)NC)N1C(=O)[C@]1(C)CCO. The van der Waals surface area contributed by atoms with Crippen molar-refractivity contribution in [3.05, 3.63) is 0 Å². The lowest BCUT2D eigenvalue weighted by molar-refractivity contribution is -0.122. The van der Waals surface area contributed by atoms with Crippen LogP contribution in [-0.4, -0.2) is 86.4 Å². The van der Waals surface area contributed by atoms with E-state index in [1.165, 1.54) is 0 Å². The molecule has 0 aromatic heterocycles. The fraction of sp³-hybridized carbons (Fsp3) is 0.812. The van der Waals surface area contributed by atoms with Gasteiger partial charge in [-0.25, -0.2) is 0 Å². The van der Waals surface area contributed by atoms with E-state index in [0.29, 0.717) is 6.42 Å². The molecule has 1 heterocycles. The smallest absolute Gasteiger partial charge is 0.249 e. The number of amides is 3. The Morgan fingerprint density at radius 2 is 1.60 bits per heavy atom. The van der Waals surface area contributed by atoms with Gasteiger partial charge in [-0.3, -0.25) is 14.4 Å². The van der Waals surface area contributed by atoms with E-state index in [2.05, 4.69) is 10.6 Å². The summed E-state index contributed by atoms with van der Waals surface area (Å²) in [5.74, 6) is -0.297. The quantitative estimate of drug-likeness (QED) is 0.276. The normalized spacial score (nSPS) is 19.2. The number of aliphatic hydroxyl groups excluding tert-OH is 1. The highest BCUT2D eigenvalue weighted by Crippen LogP contribution is 2.39. The average molecular weight is 359 g/mol. The third-order valence-corrected chi connectivity index (χ3v) is 4.25. The van der Waals surface area contributed by atoms with Crippen molar-refractivity contribution in [2.45, 2.75) is 37.8 Å². The molecule has 0 unspecified atom stereocenters. The van der Waals surface area contributed by atoms with Crippen molar-refractivity contribution in [1.82, 2.24) is 15.5 Å². The van der Waals surface area contributed by atoms with Crippen molar-refractivity contribution in [2.75, 3.05) is 47.1 Å². The number of nitrogens with one attached hydrogen (secondary N) is 2. The summed E-state index contributed by atoms with van der Waals surface area (Å²) in [6, 6.07) is -0.321. The summed E-state index contributed by atoms with van der Waals surface area (Å²) in [5.41, 5.74) is -0.701. The maximum atomic E-state index is 12.1. The van der Waals surface area contributed by atoms with Gasteiger partial charge in [-0.05, 0) is 6.92 Å². The van der Waals surface area contributed by atoms with Gasteiger partial charge in [-0.15, -0.1) is 0 Å². The molecule has 9 heteroatoms. The molecule has 0 aromatic carbocycles. The second-order valence-corrected chi connectivity index (χ2v) is 6.07. The zero-order chi connectivity index (χ0) is 18.9. The average Bonchev–Trinajstić information content (AvgIpc) is 3.13. The van der Waals surface area contributed by atoms with Crippen molar-refractivity contribution in [3.63, 3.8) is 0 Å². The van der Waals surface area contributed by atoms with Crippen LogP contribution in [0.2, 0.25) is 0 Å². The number of nitrogens with zero attached hydrogens (tertiary/aromatic N) is 1. The van der Waals surface area contributed by atoms with Crippen molar-refractivity contribution in [2.24, 2.45) is 0 Å². The van der Waals surface area contributed by atoms with Crippen LogP contribution in [0.5, 0.6) is 0 Å².